The zero-order valence-electron chi connectivity index (χ0n) is 13.8. The number of pyridine rings is 2. The van der Waals surface area contributed by atoms with Gasteiger partial charge in [0, 0.05) is 35.7 Å². The molecule has 0 spiro atoms. The average molecular weight is 408 g/mol. The highest BCUT2D eigenvalue weighted by Gasteiger charge is 2.20. The van der Waals surface area contributed by atoms with Crippen LogP contribution in [0, 0.1) is 6.92 Å². The van der Waals surface area contributed by atoms with Crippen molar-refractivity contribution in [2.45, 2.75) is 18.4 Å². The smallest absolute Gasteiger partial charge is 0.242 e. The highest BCUT2D eigenvalue weighted by molar-refractivity contribution is 7.89. The molecule has 3 rings (SSSR count). The Morgan fingerprint density at radius 1 is 1.08 bits per heavy atom. The molecule has 0 atom stereocenters. The molecule has 0 fully saturated rings. The zero-order valence-corrected chi connectivity index (χ0v) is 16.1. The van der Waals surface area contributed by atoms with Crippen LogP contribution in [0.1, 0.15) is 11.1 Å². The van der Waals surface area contributed by atoms with Crippen molar-refractivity contribution >= 4 is 33.2 Å². The predicted molar refractivity (Wildman–Crippen MR) is 103 cm³/mol. The Morgan fingerprint density at radius 3 is 2.58 bits per heavy atom. The summed E-state index contributed by atoms with van der Waals surface area (Å²) in [6.45, 7) is 1.79. The normalized spacial score (nSPS) is 11.5. The van der Waals surface area contributed by atoms with Crippen molar-refractivity contribution in [1.29, 1.82) is 0 Å². The molecule has 0 aliphatic carbocycles. The van der Waals surface area contributed by atoms with Crippen LogP contribution in [0.15, 0.2) is 59.9 Å². The largest absolute Gasteiger partial charge is 0.264 e. The lowest BCUT2D eigenvalue weighted by molar-refractivity contribution is 0.581. The first kappa shape index (κ1) is 18.8. The van der Waals surface area contributed by atoms with Gasteiger partial charge in [0.1, 0.15) is 4.90 Å². The van der Waals surface area contributed by atoms with Crippen molar-refractivity contribution in [3.05, 3.63) is 76.2 Å². The van der Waals surface area contributed by atoms with Crippen molar-refractivity contribution in [2.24, 2.45) is 0 Å². The Kier molecular flexibility index (Phi) is 5.58. The lowest BCUT2D eigenvalue weighted by Crippen LogP contribution is -2.24. The second-order valence-corrected chi connectivity index (χ2v) is 8.16. The van der Waals surface area contributed by atoms with E-state index in [1.54, 1.807) is 37.6 Å². The van der Waals surface area contributed by atoms with Gasteiger partial charge in [-0.1, -0.05) is 29.3 Å². The maximum Gasteiger partial charge on any atom is 0.242 e. The Morgan fingerprint density at radius 2 is 1.85 bits per heavy atom. The van der Waals surface area contributed by atoms with Gasteiger partial charge in [0.2, 0.25) is 10.0 Å². The summed E-state index contributed by atoms with van der Waals surface area (Å²) in [4.78, 5) is 8.42. The molecule has 1 N–H and O–H groups in total. The number of hydrogen-bond acceptors (Lipinski definition) is 4. The fraction of sp³-hybridized carbons (Fsp3) is 0.111. The van der Waals surface area contributed by atoms with E-state index in [2.05, 4.69) is 14.7 Å². The van der Waals surface area contributed by atoms with Crippen molar-refractivity contribution in [3.8, 4) is 11.3 Å². The summed E-state index contributed by atoms with van der Waals surface area (Å²) >= 11 is 12.1. The number of benzene rings is 1. The molecule has 0 aliphatic heterocycles. The summed E-state index contributed by atoms with van der Waals surface area (Å²) in [5.41, 5.74) is 2.84. The number of nitrogens with one attached hydrogen (secondary N) is 1. The Bertz CT molecular complexity index is 1040. The molecule has 0 unspecified atom stereocenters. The maximum atomic E-state index is 12.7. The fourth-order valence-electron chi connectivity index (χ4n) is 2.43. The van der Waals surface area contributed by atoms with E-state index in [1.807, 2.05) is 12.1 Å². The van der Waals surface area contributed by atoms with Crippen molar-refractivity contribution in [1.82, 2.24) is 14.7 Å². The van der Waals surface area contributed by atoms with Crippen LogP contribution in [0.3, 0.4) is 0 Å². The van der Waals surface area contributed by atoms with E-state index in [4.69, 9.17) is 23.2 Å². The minimum absolute atomic E-state index is 0.00659. The minimum Gasteiger partial charge on any atom is -0.264 e. The van der Waals surface area contributed by atoms with E-state index < -0.39 is 10.0 Å². The van der Waals surface area contributed by atoms with Gasteiger partial charge in [-0.15, -0.1) is 0 Å². The molecule has 26 heavy (non-hydrogen) atoms. The lowest BCUT2D eigenvalue weighted by atomic mass is 10.1. The molecule has 0 amide bonds. The summed E-state index contributed by atoms with van der Waals surface area (Å²) in [6, 6.07) is 10.1. The minimum atomic E-state index is -3.81. The van der Waals surface area contributed by atoms with E-state index in [-0.39, 0.29) is 16.5 Å². The van der Waals surface area contributed by atoms with Gasteiger partial charge < -0.3 is 0 Å². The second kappa shape index (κ2) is 7.72. The topological polar surface area (TPSA) is 72.0 Å². The third-order valence-electron chi connectivity index (χ3n) is 3.78. The molecule has 0 saturated carbocycles. The van der Waals surface area contributed by atoms with Gasteiger partial charge in [-0.25, -0.2) is 13.1 Å². The Labute approximate surface area is 162 Å². The molecule has 2 heterocycles. The zero-order chi connectivity index (χ0) is 18.7. The van der Waals surface area contributed by atoms with E-state index in [1.165, 1.54) is 12.1 Å². The summed E-state index contributed by atoms with van der Waals surface area (Å²) in [5, 5.41) is 0.492. The monoisotopic (exact) mass is 407 g/mol. The number of nitrogens with zero attached hydrogens (tertiary/aromatic N) is 2. The van der Waals surface area contributed by atoms with E-state index in [0.717, 1.165) is 11.1 Å². The molecular formula is C18H15Cl2N3O2S. The quantitative estimate of drug-likeness (QED) is 0.686. The number of rotatable bonds is 5. The predicted octanol–water partition coefficient (Wildman–Crippen LogP) is 4.24. The molecule has 8 heteroatoms. The van der Waals surface area contributed by atoms with Crippen LogP contribution in [0.2, 0.25) is 10.0 Å². The highest BCUT2D eigenvalue weighted by atomic mass is 35.5. The first-order chi connectivity index (χ1) is 12.4. The van der Waals surface area contributed by atoms with Gasteiger partial charge in [0.15, 0.2) is 0 Å². The third-order valence-corrected chi connectivity index (χ3v) is 6.05. The van der Waals surface area contributed by atoms with E-state index in [9.17, 15) is 8.42 Å². The molecule has 3 aromatic rings. The van der Waals surface area contributed by atoms with Crippen LogP contribution in [0.5, 0.6) is 0 Å². The summed E-state index contributed by atoms with van der Waals surface area (Å²) in [5.74, 6) is 0. The highest BCUT2D eigenvalue weighted by Crippen LogP contribution is 2.28. The van der Waals surface area contributed by atoms with Crippen LogP contribution < -0.4 is 4.72 Å². The van der Waals surface area contributed by atoms with Gasteiger partial charge in [0.25, 0.3) is 0 Å². The lowest BCUT2D eigenvalue weighted by Gasteiger charge is -2.12. The van der Waals surface area contributed by atoms with Crippen LogP contribution in [0.25, 0.3) is 11.3 Å². The maximum absolute atomic E-state index is 12.7. The molecule has 0 radical (unpaired) electrons. The van der Waals surface area contributed by atoms with E-state index in [0.29, 0.717) is 16.3 Å². The third kappa shape index (κ3) is 4.04. The summed E-state index contributed by atoms with van der Waals surface area (Å²) < 4.78 is 27.9. The van der Waals surface area contributed by atoms with Crippen LogP contribution in [0.4, 0.5) is 0 Å². The van der Waals surface area contributed by atoms with Gasteiger partial charge in [0.05, 0.1) is 10.7 Å². The SMILES string of the molecule is Cc1cc(S(=O)(=O)NCc2cccnc2-c2cccnc2)c(Cl)cc1Cl. The standard InChI is InChI=1S/C18H15Cl2N3O2S/c1-12-8-17(16(20)9-15(12)19)26(24,25)23-11-14-5-3-7-22-18(14)13-4-2-6-21-10-13/h2-10,23H,11H2,1H3. The van der Waals surface area contributed by atoms with Gasteiger partial charge in [-0.2, -0.15) is 0 Å². The van der Waals surface area contributed by atoms with Crippen LogP contribution >= 0.6 is 23.2 Å². The first-order valence-electron chi connectivity index (χ1n) is 7.68. The number of halogens is 2. The van der Waals surface area contributed by atoms with Crippen LogP contribution in [-0.2, 0) is 16.6 Å². The molecule has 134 valence electrons. The fourth-order valence-corrected chi connectivity index (χ4v) is 4.27. The molecule has 2 aromatic heterocycles. The number of sulfonamides is 1. The first-order valence-corrected chi connectivity index (χ1v) is 9.92. The van der Waals surface area contributed by atoms with Crippen molar-refractivity contribution < 1.29 is 8.42 Å². The molecule has 0 bridgehead atoms. The number of aryl methyl sites for hydroxylation is 1. The van der Waals surface area contributed by atoms with Crippen molar-refractivity contribution in [2.75, 3.05) is 0 Å². The Balaban J connectivity index is 1.89. The molecule has 0 aliphatic rings. The van der Waals surface area contributed by atoms with Crippen molar-refractivity contribution in [3.63, 3.8) is 0 Å². The number of aromatic nitrogens is 2. The van der Waals surface area contributed by atoms with Gasteiger partial charge in [-0.3, -0.25) is 9.97 Å². The number of hydrogen-bond donors (Lipinski definition) is 1. The van der Waals surface area contributed by atoms with E-state index >= 15 is 0 Å². The summed E-state index contributed by atoms with van der Waals surface area (Å²) in [6.07, 6.45) is 5.00. The second-order valence-electron chi connectivity index (χ2n) is 5.61. The van der Waals surface area contributed by atoms with Gasteiger partial charge in [-0.05, 0) is 48.4 Å². The average Bonchev–Trinajstić information content (AvgIpc) is 2.64. The summed E-state index contributed by atoms with van der Waals surface area (Å²) in [7, 11) is -3.81. The Hall–Kier alpha value is -1.99. The molecule has 5 nitrogen and oxygen atoms in total. The molecule has 1 aromatic carbocycles. The van der Waals surface area contributed by atoms with Gasteiger partial charge >= 0.3 is 0 Å². The van der Waals surface area contributed by atoms with Crippen LogP contribution in [-0.4, -0.2) is 18.4 Å². The molecule has 0 saturated heterocycles. The molecular weight excluding hydrogens is 393 g/mol.